The van der Waals surface area contributed by atoms with Crippen molar-refractivity contribution in [3.05, 3.63) is 21.8 Å². The molecule has 1 aromatic carbocycles. The lowest BCUT2D eigenvalue weighted by Gasteiger charge is -2.26. The van der Waals surface area contributed by atoms with Gasteiger partial charge in [-0.1, -0.05) is 0 Å². The van der Waals surface area contributed by atoms with Gasteiger partial charge in [0.15, 0.2) is 6.10 Å². The fraction of sp³-hybridized carbons (Fsp3) is 0.500. The van der Waals surface area contributed by atoms with Crippen molar-refractivity contribution in [1.82, 2.24) is 10.6 Å². The normalized spacial score (nSPS) is 13.8. The Kier molecular flexibility index (Phi) is 13.2. The highest BCUT2D eigenvalue weighted by Gasteiger charge is 2.32. The van der Waals surface area contributed by atoms with Crippen molar-refractivity contribution in [3.63, 3.8) is 0 Å². The molecule has 0 aliphatic heterocycles. The number of anilines is 1. The van der Waals surface area contributed by atoms with Gasteiger partial charge in [0.25, 0.3) is 17.7 Å². The second-order valence-corrected chi connectivity index (χ2v) is 9.97. The highest BCUT2D eigenvalue weighted by molar-refractivity contribution is 14.1. The van der Waals surface area contributed by atoms with Gasteiger partial charge < -0.3 is 46.2 Å². The molecule has 0 saturated heterocycles. The topological polar surface area (TPSA) is 200 Å². The third kappa shape index (κ3) is 7.78. The van der Waals surface area contributed by atoms with Crippen molar-refractivity contribution < 1.29 is 45.0 Å². The number of likely N-dealkylation sites (N-methyl/N-ethyl adjacent to an activating group) is 1. The molecule has 0 radical (unpaired) electrons. The van der Waals surface area contributed by atoms with Crippen molar-refractivity contribution in [3.8, 4) is 0 Å². The van der Waals surface area contributed by atoms with Gasteiger partial charge in [-0.3, -0.25) is 14.4 Å². The van der Waals surface area contributed by atoms with E-state index in [0.717, 1.165) is 4.90 Å². The molecule has 0 aliphatic rings. The Hall–Kier alpha value is -0.420. The van der Waals surface area contributed by atoms with E-state index in [-0.39, 0.29) is 40.6 Å². The van der Waals surface area contributed by atoms with E-state index < -0.39 is 55.9 Å². The van der Waals surface area contributed by atoms with E-state index in [1.807, 2.05) is 45.2 Å². The first-order valence-electron chi connectivity index (χ1n) is 9.33. The van der Waals surface area contributed by atoms with Crippen LogP contribution in [0.3, 0.4) is 0 Å². The largest absolute Gasteiger partial charge is 0.394 e. The van der Waals surface area contributed by atoms with Gasteiger partial charge in [-0.15, -0.1) is 0 Å². The van der Waals surface area contributed by atoms with Crippen LogP contribution in [-0.4, -0.2) is 107 Å². The summed E-state index contributed by atoms with van der Waals surface area (Å²) in [7, 11) is 1.31. The van der Waals surface area contributed by atoms with Crippen LogP contribution in [0, 0.1) is 10.7 Å². The number of carbonyl (C=O) groups is 3. The van der Waals surface area contributed by atoms with Gasteiger partial charge in [-0.25, -0.2) is 0 Å². The minimum absolute atomic E-state index is 0.00255. The van der Waals surface area contributed by atoms with Crippen molar-refractivity contribution in [2.45, 2.75) is 18.3 Å². The Morgan fingerprint density at radius 3 is 1.52 bits per heavy atom. The quantitative estimate of drug-likeness (QED) is 0.116. The van der Waals surface area contributed by atoms with E-state index in [1.54, 1.807) is 22.6 Å². The number of aliphatic hydroxyl groups is 6. The van der Waals surface area contributed by atoms with E-state index in [0.29, 0.717) is 0 Å². The molecule has 0 aromatic heterocycles. The molecule has 12 nitrogen and oxygen atoms in total. The number of carbonyl (C=O) groups excluding carboxylic acids is 3. The maximum Gasteiger partial charge on any atom is 0.258 e. The predicted molar refractivity (Wildman–Crippen MR) is 142 cm³/mol. The number of nitrogens with zero attached hydrogens (tertiary/aromatic N) is 1. The zero-order valence-electron chi connectivity index (χ0n) is 17.3. The first-order chi connectivity index (χ1) is 15.4. The number of amides is 3. The summed E-state index contributed by atoms with van der Waals surface area (Å²) in [5.41, 5.74) is 0.125. The second-order valence-electron chi connectivity index (χ2n) is 6.73. The third-order valence-electron chi connectivity index (χ3n) is 4.29. The van der Waals surface area contributed by atoms with Crippen molar-refractivity contribution in [2.75, 3.05) is 44.9 Å². The average Bonchev–Trinajstić information content (AvgIpc) is 2.79. The highest BCUT2D eigenvalue weighted by Crippen LogP contribution is 2.37. The first-order valence-corrected chi connectivity index (χ1v) is 12.6. The summed E-state index contributed by atoms with van der Waals surface area (Å²) in [4.78, 5) is 39.4. The molecule has 186 valence electrons. The molecule has 3 unspecified atom stereocenters. The number of hydrogen-bond donors (Lipinski definition) is 8. The highest BCUT2D eigenvalue weighted by atomic mass is 127. The minimum atomic E-state index is -1.73. The Bertz CT molecular complexity index is 834. The summed E-state index contributed by atoms with van der Waals surface area (Å²) < 4.78 is 0.719. The molecule has 0 aliphatic carbocycles. The van der Waals surface area contributed by atoms with Crippen molar-refractivity contribution >= 4 is 91.2 Å². The third-order valence-corrected chi connectivity index (χ3v) is 7.47. The van der Waals surface area contributed by atoms with Gasteiger partial charge in [0.05, 0.1) is 56.0 Å². The van der Waals surface area contributed by atoms with Crippen LogP contribution in [0.15, 0.2) is 0 Å². The maximum atomic E-state index is 12.9. The molecule has 33 heavy (non-hydrogen) atoms. The van der Waals surface area contributed by atoms with Crippen LogP contribution in [0.4, 0.5) is 5.69 Å². The van der Waals surface area contributed by atoms with Gasteiger partial charge >= 0.3 is 0 Å². The van der Waals surface area contributed by atoms with E-state index in [4.69, 9.17) is 15.3 Å². The number of aliphatic hydroxyl groups excluding tert-OH is 6. The second kappa shape index (κ2) is 14.2. The van der Waals surface area contributed by atoms with Crippen LogP contribution in [0.1, 0.15) is 20.7 Å². The molecule has 0 fully saturated rings. The number of halogens is 3. The summed E-state index contributed by atoms with van der Waals surface area (Å²) in [5, 5.41) is 60.9. The molecular formula is C18H24I3N3O9. The van der Waals surface area contributed by atoms with Crippen LogP contribution >= 0.6 is 67.8 Å². The summed E-state index contributed by atoms with van der Waals surface area (Å²) >= 11 is 5.41. The monoisotopic (exact) mass is 807 g/mol. The van der Waals surface area contributed by atoms with Gasteiger partial charge in [0.1, 0.15) is 0 Å². The molecule has 3 amide bonds. The van der Waals surface area contributed by atoms with E-state index in [9.17, 15) is 29.7 Å². The molecule has 0 bridgehead atoms. The lowest BCUT2D eigenvalue weighted by molar-refractivity contribution is -0.128. The lowest BCUT2D eigenvalue weighted by atomic mass is 10.1. The zero-order valence-corrected chi connectivity index (χ0v) is 23.7. The van der Waals surface area contributed by atoms with Crippen LogP contribution in [0.5, 0.6) is 0 Å². The smallest absolute Gasteiger partial charge is 0.258 e. The summed E-state index contributed by atoms with van der Waals surface area (Å²) in [6, 6.07) is 0. The standard InChI is InChI=1S/C18H24I3N3O9/c1-24(18(33)9(30)6-27)15-13(20)10(16(31)22-2-7(28)4-25)12(19)11(14(15)21)17(32)23-3-8(29)5-26/h7-9,25-30H,2-6H2,1H3,(H,22,31)(H,23,32). The van der Waals surface area contributed by atoms with Gasteiger partial charge in [0.2, 0.25) is 0 Å². The molecular weight excluding hydrogens is 783 g/mol. The van der Waals surface area contributed by atoms with E-state index in [2.05, 4.69) is 10.6 Å². The molecule has 0 spiro atoms. The fourth-order valence-corrected chi connectivity index (χ4v) is 7.35. The SMILES string of the molecule is CN(C(=O)C(O)CO)c1c(I)c(C(=O)NCC(O)CO)c(I)c(C(=O)NCC(O)CO)c1I. The predicted octanol–water partition coefficient (Wildman–Crippen LogP) is -2.02. The molecule has 0 saturated carbocycles. The zero-order chi connectivity index (χ0) is 25.5. The molecule has 0 heterocycles. The van der Waals surface area contributed by atoms with Crippen molar-refractivity contribution in [2.24, 2.45) is 0 Å². The summed E-state index contributed by atoms with van der Waals surface area (Å²) in [5.74, 6) is -2.26. The van der Waals surface area contributed by atoms with Crippen LogP contribution in [0.25, 0.3) is 0 Å². The number of benzene rings is 1. The van der Waals surface area contributed by atoms with Crippen LogP contribution in [-0.2, 0) is 4.79 Å². The Morgan fingerprint density at radius 2 is 1.18 bits per heavy atom. The molecule has 15 heteroatoms. The van der Waals surface area contributed by atoms with Crippen LogP contribution in [0.2, 0.25) is 0 Å². The molecule has 1 aromatic rings. The number of nitrogens with one attached hydrogen (secondary N) is 2. The Labute approximate surface area is 230 Å². The Morgan fingerprint density at radius 1 is 0.788 bits per heavy atom. The number of rotatable bonds is 11. The fourth-order valence-electron chi connectivity index (χ4n) is 2.48. The number of hydrogen-bond acceptors (Lipinski definition) is 9. The van der Waals surface area contributed by atoms with Gasteiger partial charge in [-0.05, 0) is 67.8 Å². The van der Waals surface area contributed by atoms with Gasteiger partial charge in [-0.2, -0.15) is 0 Å². The lowest BCUT2D eigenvalue weighted by Crippen LogP contribution is -2.41. The van der Waals surface area contributed by atoms with Gasteiger partial charge in [0, 0.05) is 23.7 Å². The first kappa shape index (κ1) is 30.6. The van der Waals surface area contributed by atoms with Crippen LogP contribution < -0.4 is 15.5 Å². The summed E-state index contributed by atoms with van der Waals surface area (Å²) in [6.45, 7) is -2.54. The van der Waals surface area contributed by atoms with E-state index >= 15 is 0 Å². The van der Waals surface area contributed by atoms with E-state index in [1.165, 1.54) is 7.05 Å². The van der Waals surface area contributed by atoms with Crippen molar-refractivity contribution in [1.29, 1.82) is 0 Å². The Balaban J connectivity index is 3.65. The average molecular weight is 807 g/mol. The molecule has 1 rings (SSSR count). The summed E-state index contributed by atoms with van der Waals surface area (Å²) in [6.07, 6.45) is -4.15. The molecule has 3 atom stereocenters. The molecule has 8 N–H and O–H groups in total. The maximum absolute atomic E-state index is 12.9. The minimum Gasteiger partial charge on any atom is -0.394 e.